The van der Waals surface area contributed by atoms with Gasteiger partial charge in [0, 0.05) is 18.1 Å². The smallest absolute Gasteiger partial charge is 0.0512 e. The lowest BCUT2D eigenvalue weighted by Crippen LogP contribution is -2.04. The van der Waals surface area contributed by atoms with E-state index in [1.54, 1.807) is 0 Å². The van der Waals surface area contributed by atoms with Crippen molar-refractivity contribution in [2.75, 3.05) is 0 Å². The van der Waals surface area contributed by atoms with Crippen molar-refractivity contribution >= 4 is 10.9 Å². The monoisotopic (exact) mass is 257 g/mol. The Kier molecular flexibility index (Phi) is 4.03. The molecule has 19 heavy (non-hydrogen) atoms. The molecule has 1 nitrogen and oxygen atoms in total. The van der Waals surface area contributed by atoms with Gasteiger partial charge in [-0.05, 0) is 61.9 Å². The third kappa shape index (κ3) is 2.56. The van der Waals surface area contributed by atoms with Crippen LogP contribution in [0.4, 0.5) is 0 Å². The van der Waals surface area contributed by atoms with Crippen LogP contribution in [0.5, 0.6) is 0 Å². The van der Waals surface area contributed by atoms with Crippen LogP contribution in [0, 0.1) is 26.7 Å². The molecule has 1 aromatic heterocycles. The van der Waals surface area contributed by atoms with Crippen molar-refractivity contribution in [3.8, 4) is 0 Å². The Hall–Kier alpha value is -1.24. The minimum absolute atomic E-state index is 0.774. The van der Waals surface area contributed by atoms with E-state index in [2.05, 4.69) is 58.4 Å². The molecular weight excluding hydrogens is 230 g/mol. The maximum absolute atomic E-state index is 2.41. The molecule has 1 atom stereocenters. The van der Waals surface area contributed by atoms with E-state index in [0.717, 1.165) is 5.92 Å². The largest absolute Gasteiger partial charge is 0.347 e. The maximum Gasteiger partial charge on any atom is 0.0512 e. The second-order valence-electron chi connectivity index (χ2n) is 6.17. The summed E-state index contributed by atoms with van der Waals surface area (Å²) in [6.07, 6.45) is 3.79. The number of hydrogen-bond donors (Lipinski definition) is 0. The molecule has 0 saturated carbocycles. The summed E-state index contributed by atoms with van der Waals surface area (Å²) in [4.78, 5) is 0. The summed E-state index contributed by atoms with van der Waals surface area (Å²) in [5, 5.41) is 1.40. The van der Waals surface area contributed by atoms with Gasteiger partial charge >= 0.3 is 0 Å². The van der Waals surface area contributed by atoms with Crippen molar-refractivity contribution < 1.29 is 0 Å². The number of nitrogens with zero attached hydrogens (tertiary/aromatic N) is 1. The summed E-state index contributed by atoms with van der Waals surface area (Å²) in [5.74, 6) is 0.774. The summed E-state index contributed by atoms with van der Waals surface area (Å²) < 4.78 is 2.41. The first-order chi connectivity index (χ1) is 8.95. The lowest BCUT2D eigenvalue weighted by atomic mass is 10.00. The van der Waals surface area contributed by atoms with Crippen molar-refractivity contribution in [1.82, 2.24) is 4.57 Å². The Labute approximate surface area is 117 Å². The number of fused-ring (bicyclic) bond motifs is 1. The molecule has 0 aliphatic rings. The minimum atomic E-state index is 0.774. The lowest BCUT2D eigenvalue weighted by Gasteiger charge is -2.12. The van der Waals surface area contributed by atoms with Gasteiger partial charge in [-0.15, -0.1) is 0 Å². The summed E-state index contributed by atoms with van der Waals surface area (Å²) in [6, 6.07) is 4.73. The zero-order valence-corrected chi connectivity index (χ0v) is 13.3. The second-order valence-corrected chi connectivity index (χ2v) is 6.17. The van der Waals surface area contributed by atoms with Gasteiger partial charge in [-0.1, -0.05) is 26.7 Å². The highest BCUT2D eigenvalue weighted by Gasteiger charge is 2.13. The Morgan fingerprint density at radius 3 is 2.42 bits per heavy atom. The molecule has 0 N–H and O–H groups in total. The number of benzene rings is 1. The van der Waals surface area contributed by atoms with Gasteiger partial charge < -0.3 is 4.57 Å². The second kappa shape index (κ2) is 5.40. The van der Waals surface area contributed by atoms with Crippen LogP contribution in [0.25, 0.3) is 10.9 Å². The zero-order chi connectivity index (χ0) is 14.2. The Morgan fingerprint density at radius 2 is 1.79 bits per heavy atom. The molecule has 1 unspecified atom stereocenters. The molecule has 2 aromatic rings. The van der Waals surface area contributed by atoms with Crippen LogP contribution in [0.15, 0.2) is 12.1 Å². The Morgan fingerprint density at radius 1 is 1.11 bits per heavy atom. The first-order valence-electron chi connectivity index (χ1n) is 7.50. The van der Waals surface area contributed by atoms with Crippen LogP contribution in [0.1, 0.15) is 49.1 Å². The van der Waals surface area contributed by atoms with Crippen LogP contribution in [-0.4, -0.2) is 4.57 Å². The average Bonchev–Trinajstić information content (AvgIpc) is 2.63. The van der Waals surface area contributed by atoms with Crippen LogP contribution < -0.4 is 0 Å². The molecular formula is C18H27N. The minimum Gasteiger partial charge on any atom is -0.347 e. The summed E-state index contributed by atoms with van der Waals surface area (Å²) in [7, 11) is 2.22. The number of aryl methyl sites for hydroxylation is 3. The van der Waals surface area contributed by atoms with Gasteiger partial charge in [-0.3, -0.25) is 0 Å². The van der Waals surface area contributed by atoms with E-state index in [1.807, 2.05) is 0 Å². The summed E-state index contributed by atoms with van der Waals surface area (Å²) in [5.41, 5.74) is 7.17. The molecule has 0 fully saturated rings. The number of rotatable bonds is 4. The van der Waals surface area contributed by atoms with Crippen molar-refractivity contribution in [3.05, 3.63) is 34.5 Å². The van der Waals surface area contributed by atoms with Crippen LogP contribution in [0.2, 0.25) is 0 Å². The van der Waals surface area contributed by atoms with Crippen molar-refractivity contribution in [1.29, 1.82) is 0 Å². The lowest BCUT2D eigenvalue weighted by molar-refractivity contribution is 0.510. The van der Waals surface area contributed by atoms with Crippen LogP contribution in [-0.2, 0) is 13.5 Å². The summed E-state index contributed by atoms with van der Waals surface area (Å²) >= 11 is 0. The van der Waals surface area contributed by atoms with Crippen LogP contribution >= 0.6 is 0 Å². The van der Waals surface area contributed by atoms with Gasteiger partial charge in [0.2, 0.25) is 0 Å². The average molecular weight is 257 g/mol. The third-order valence-corrected chi connectivity index (χ3v) is 4.58. The predicted octanol–water partition coefficient (Wildman–Crippen LogP) is 5.08. The Balaban J connectivity index is 2.48. The number of aromatic nitrogens is 1. The molecule has 0 bridgehead atoms. The van der Waals surface area contributed by atoms with Crippen molar-refractivity contribution in [3.63, 3.8) is 0 Å². The fourth-order valence-corrected chi connectivity index (χ4v) is 3.22. The highest BCUT2D eigenvalue weighted by molar-refractivity contribution is 5.86. The fraction of sp³-hybridized carbons (Fsp3) is 0.556. The van der Waals surface area contributed by atoms with Gasteiger partial charge in [0.15, 0.2) is 0 Å². The zero-order valence-electron chi connectivity index (χ0n) is 13.3. The molecule has 0 amide bonds. The van der Waals surface area contributed by atoms with Crippen LogP contribution in [0.3, 0.4) is 0 Å². The molecule has 2 rings (SSSR count). The third-order valence-electron chi connectivity index (χ3n) is 4.58. The molecule has 0 spiro atoms. The first kappa shape index (κ1) is 14.2. The highest BCUT2D eigenvalue weighted by Crippen LogP contribution is 2.28. The van der Waals surface area contributed by atoms with E-state index < -0.39 is 0 Å². The van der Waals surface area contributed by atoms with E-state index in [0.29, 0.717) is 0 Å². The van der Waals surface area contributed by atoms with Gasteiger partial charge in [0.05, 0.1) is 5.52 Å². The molecule has 1 aromatic carbocycles. The van der Waals surface area contributed by atoms with E-state index in [-0.39, 0.29) is 0 Å². The molecule has 1 heterocycles. The van der Waals surface area contributed by atoms with E-state index >= 15 is 0 Å². The normalized spacial score (nSPS) is 13.2. The summed E-state index contributed by atoms with van der Waals surface area (Å²) in [6.45, 7) is 11.3. The Bertz CT molecular complexity index is 589. The van der Waals surface area contributed by atoms with Gasteiger partial charge in [-0.25, -0.2) is 0 Å². The van der Waals surface area contributed by atoms with Crippen molar-refractivity contribution in [2.45, 2.75) is 53.9 Å². The van der Waals surface area contributed by atoms with Gasteiger partial charge in [-0.2, -0.15) is 0 Å². The fourth-order valence-electron chi connectivity index (χ4n) is 3.22. The first-order valence-corrected chi connectivity index (χ1v) is 7.50. The predicted molar refractivity (Wildman–Crippen MR) is 84.9 cm³/mol. The van der Waals surface area contributed by atoms with E-state index in [9.17, 15) is 0 Å². The molecule has 104 valence electrons. The quantitative estimate of drug-likeness (QED) is 0.719. The topological polar surface area (TPSA) is 4.93 Å². The van der Waals surface area contributed by atoms with Gasteiger partial charge in [0.1, 0.15) is 0 Å². The SMILES string of the molecule is CCCC(C)Cc1cc2cc(C)c(C)c(C)c2n1C. The molecule has 1 heteroatoms. The molecule has 0 aliphatic carbocycles. The van der Waals surface area contributed by atoms with E-state index in [4.69, 9.17) is 0 Å². The number of hydrogen-bond acceptors (Lipinski definition) is 0. The van der Waals surface area contributed by atoms with E-state index in [1.165, 1.54) is 52.5 Å². The molecule has 0 saturated heterocycles. The standard InChI is InChI=1S/C18H27N/c1-7-8-12(2)9-17-11-16-10-13(3)14(4)15(5)18(16)19(17)6/h10-12H,7-9H2,1-6H3. The van der Waals surface area contributed by atoms with Crippen molar-refractivity contribution in [2.24, 2.45) is 13.0 Å². The maximum atomic E-state index is 2.41. The molecule has 0 radical (unpaired) electrons. The highest BCUT2D eigenvalue weighted by atomic mass is 14.9. The van der Waals surface area contributed by atoms with Gasteiger partial charge in [0.25, 0.3) is 0 Å². The molecule has 0 aliphatic heterocycles.